The van der Waals surface area contributed by atoms with E-state index >= 15 is 0 Å². The van der Waals surface area contributed by atoms with Gasteiger partial charge in [-0.1, -0.05) is 5.16 Å². The van der Waals surface area contributed by atoms with Crippen molar-refractivity contribution in [3.63, 3.8) is 0 Å². The number of carboxylic acids is 1. The quantitative estimate of drug-likeness (QED) is 0.380. The molecule has 0 amide bonds. The van der Waals surface area contributed by atoms with E-state index < -0.39 is 12.6 Å². The van der Waals surface area contributed by atoms with E-state index in [-0.39, 0.29) is 12.4 Å². The van der Waals surface area contributed by atoms with Gasteiger partial charge in [0.1, 0.15) is 11.4 Å². The molecule has 0 aliphatic heterocycles. The van der Waals surface area contributed by atoms with Crippen molar-refractivity contribution in [1.29, 1.82) is 0 Å². The molecule has 0 unspecified atom stereocenters. The second-order valence-corrected chi connectivity index (χ2v) is 6.26. The lowest BCUT2D eigenvalue weighted by Gasteiger charge is -2.14. The molecule has 0 saturated heterocycles. The van der Waals surface area contributed by atoms with E-state index in [0.29, 0.717) is 45.4 Å². The number of fused-ring (bicyclic) bond motifs is 1. The van der Waals surface area contributed by atoms with Gasteiger partial charge in [0.2, 0.25) is 6.61 Å². The standard InChI is InChI=1S/C22H22N2O7.ClH/c1-27-16-6-5-14(10-17(16)28-2)21(24-31-12-20(25)26)22-15-11-19(30-4)18(29-3)9-13(15)7-8-23-22;/h5-11H,12H2,1-4H3,(H,25,26);1H/b24-21-;. The third-order valence-electron chi connectivity index (χ3n) is 4.49. The monoisotopic (exact) mass is 462 g/mol. The zero-order chi connectivity index (χ0) is 22.4. The summed E-state index contributed by atoms with van der Waals surface area (Å²) in [6.45, 7) is -0.599. The van der Waals surface area contributed by atoms with Crippen LogP contribution in [0.15, 0.2) is 47.8 Å². The molecule has 0 aliphatic carbocycles. The number of aromatic nitrogens is 1. The molecule has 0 fully saturated rings. The van der Waals surface area contributed by atoms with Crippen LogP contribution in [0.5, 0.6) is 23.0 Å². The molecule has 10 heteroatoms. The highest BCUT2D eigenvalue weighted by Gasteiger charge is 2.18. The number of carbonyl (C=O) groups is 1. The highest BCUT2D eigenvalue weighted by molar-refractivity contribution is 6.18. The van der Waals surface area contributed by atoms with Gasteiger partial charge in [-0.25, -0.2) is 4.79 Å². The molecule has 0 atom stereocenters. The molecule has 3 rings (SSSR count). The average Bonchev–Trinajstić information content (AvgIpc) is 2.80. The summed E-state index contributed by atoms with van der Waals surface area (Å²) in [7, 11) is 6.15. The number of methoxy groups -OCH3 is 4. The molecular formula is C22H23ClN2O7. The Hall–Kier alpha value is -3.72. The Morgan fingerprint density at radius 3 is 2.16 bits per heavy atom. The Labute approximate surface area is 190 Å². The number of nitrogens with zero attached hydrogens (tertiary/aromatic N) is 2. The van der Waals surface area contributed by atoms with Gasteiger partial charge in [0, 0.05) is 17.1 Å². The fourth-order valence-electron chi connectivity index (χ4n) is 3.06. The van der Waals surface area contributed by atoms with Crippen LogP contribution in [0.2, 0.25) is 0 Å². The van der Waals surface area contributed by atoms with Crippen LogP contribution in [0.1, 0.15) is 11.3 Å². The number of benzene rings is 2. The van der Waals surface area contributed by atoms with Crippen molar-refractivity contribution in [2.45, 2.75) is 0 Å². The molecule has 1 N–H and O–H groups in total. The maximum atomic E-state index is 10.9. The van der Waals surface area contributed by atoms with Gasteiger partial charge >= 0.3 is 5.97 Å². The number of pyridine rings is 1. The Balaban J connectivity index is 0.00000363. The van der Waals surface area contributed by atoms with Crippen molar-refractivity contribution >= 4 is 34.9 Å². The van der Waals surface area contributed by atoms with Crippen molar-refractivity contribution in [1.82, 2.24) is 4.98 Å². The van der Waals surface area contributed by atoms with Crippen LogP contribution in [0, 0.1) is 0 Å². The molecular weight excluding hydrogens is 440 g/mol. The Morgan fingerprint density at radius 1 is 0.906 bits per heavy atom. The molecule has 0 radical (unpaired) electrons. The SMILES string of the molecule is COc1ccc(/C(=N/OCC(=O)O)c2nccc3cc(OC)c(OC)cc23)cc1OC.Cl. The second kappa shape index (κ2) is 11.1. The van der Waals surface area contributed by atoms with Crippen LogP contribution in [-0.2, 0) is 9.63 Å². The Bertz CT molecular complexity index is 1130. The molecule has 1 aromatic heterocycles. The van der Waals surface area contributed by atoms with Crippen LogP contribution >= 0.6 is 12.4 Å². The number of hydrogen-bond donors (Lipinski definition) is 1. The predicted octanol–water partition coefficient (Wildman–Crippen LogP) is 3.54. The molecule has 1 heterocycles. The Kier molecular flexibility index (Phi) is 8.48. The summed E-state index contributed by atoms with van der Waals surface area (Å²) in [5, 5.41) is 14.6. The topological polar surface area (TPSA) is 109 Å². The molecule has 3 aromatic rings. The van der Waals surface area contributed by atoms with Crippen LogP contribution in [0.25, 0.3) is 10.8 Å². The number of rotatable bonds is 9. The van der Waals surface area contributed by atoms with E-state index in [1.807, 2.05) is 12.1 Å². The third-order valence-corrected chi connectivity index (χ3v) is 4.49. The first-order valence-electron chi connectivity index (χ1n) is 9.17. The molecule has 32 heavy (non-hydrogen) atoms. The number of halogens is 1. The third kappa shape index (κ3) is 5.12. The molecule has 0 spiro atoms. The summed E-state index contributed by atoms with van der Waals surface area (Å²) in [6, 6.07) is 10.6. The predicted molar refractivity (Wildman–Crippen MR) is 121 cm³/mol. The molecule has 0 saturated carbocycles. The van der Waals surface area contributed by atoms with Crippen molar-refractivity contribution in [2.75, 3.05) is 35.0 Å². The molecule has 170 valence electrons. The average molecular weight is 463 g/mol. The minimum Gasteiger partial charge on any atom is -0.493 e. The minimum atomic E-state index is -1.15. The minimum absolute atomic E-state index is 0. The van der Waals surface area contributed by atoms with E-state index in [2.05, 4.69) is 10.1 Å². The Morgan fingerprint density at radius 2 is 1.53 bits per heavy atom. The van der Waals surface area contributed by atoms with Crippen molar-refractivity contribution < 1.29 is 33.7 Å². The normalized spacial score (nSPS) is 10.8. The van der Waals surface area contributed by atoms with Gasteiger partial charge in [-0.15, -0.1) is 12.4 Å². The zero-order valence-corrected chi connectivity index (χ0v) is 18.8. The highest BCUT2D eigenvalue weighted by Crippen LogP contribution is 2.34. The van der Waals surface area contributed by atoms with Crippen molar-refractivity contribution in [3.8, 4) is 23.0 Å². The number of ether oxygens (including phenoxy) is 4. The fourth-order valence-corrected chi connectivity index (χ4v) is 3.06. The van der Waals surface area contributed by atoms with Gasteiger partial charge < -0.3 is 28.9 Å². The summed E-state index contributed by atoms with van der Waals surface area (Å²) in [5.74, 6) is 0.953. The van der Waals surface area contributed by atoms with E-state index in [1.165, 1.54) is 14.2 Å². The van der Waals surface area contributed by atoms with Crippen LogP contribution in [0.3, 0.4) is 0 Å². The lowest BCUT2D eigenvalue weighted by molar-refractivity contribution is -0.142. The summed E-state index contributed by atoms with van der Waals surface area (Å²) >= 11 is 0. The number of aliphatic carboxylic acids is 1. The van der Waals surface area contributed by atoms with Gasteiger partial charge in [-0.2, -0.15) is 0 Å². The van der Waals surface area contributed by atoms with E-state index in [0.717, 1.165) is 5.39 Å². The largest absolute Gasteiger partial charge is 0.493 e. The van der Waals surface area contributed by atoms with Crippen LogP contribution in [0.4, 0.5) is 0 Å². The first-order chi connectivity index (χ1) is 15.0. The number of carboxylic acid groups (broad SMARTS) is 1. The van der Waals surface area contributed by atoms with Crippen molar-refractivity contribution in [3.05, 3.63) is 53.9 Å². The molecule has 0 bridgehead atoms. The molecule has 0 aliphatic rings. The van der Waals surface area contributed by atoms with Crippen molar-refractivity contribution in [2.24, 2.45) is 5.16 Å². The van der Waals surface area contributed by atoms with E-state index in [1.54, 1.807) is 44.7 Å². The first kappa shape index (κ1) is 24.5. The number of oxime groups is 1. The summed E-state index contributed by atoms with van der Waals surface area (Å²) < 4.78 is 21.5. The smallest absolute Gasteiger partial charge is 0.344 e. The lowest BCUT2D eigenvalue weighted by atomic mass is 10.0. The fraction of sp³-hybridized carbons (Fsp3) is 0.227. The summed E-state index contributed by atoms with van der Waals surface area (Å²) in [5.41, 5.74) is 1.38. The van der Waals surface area contributed by atoms with Crippen LogP contribution in [-0.4, -0.2) is 56.8 Å². The van der Waals surface area contributed by atoms with Gasteiger partial charge in [-0.05, 0) is 41.8 Å². The highest BCUT2D eigenvalue weighted by atomic mass is 35.5. The van der Waals surface area contributed by atoms with Gasteiger partial charge in [0.25, 0.3) is 0 Å². The van der Waals surface area contributed by atoms with E-state index in [9.17, 15) is 4.79 Å². The van der Waals surface area contributed by atoms with Gasteiger partial charge in [0.05, 0.1) is 28.4 Å². The van der Waals surface area contributed by atoms with E-state index in [4.69, 9.17) is 28.9 Å². The summed E-state index contributed by atoms with van der Waals surface area (Å²) in [6.07, 6.45) is 1.62. The van der Waals surface area contributed by atoms with Gasteiger partial charge in [-0.3, -0.25) is 4.98 Å². The summed E-state index contributed by atoms with van der Waals surface area (Å²) in [4.78, 5) is 20.5. The number of hydrogen-bond acceptors (Lipinski definition) is 8. The molecule has 9 nitrogen and oxygen atoms in total. The molecule has 2 aromatic carbocycles. The maximum absolute atomic E-state index is 10.9. The van der Waals surface area contributed by atoms with Gasteiger partial charge in [0.15, 0.2) is 23.0 Å². The lowest BCUT2D eigenvalue weighted by Crippen LogP contribution is -2.11. The second-order valence-electron chi connectivity index (χ2n) is 6.26. The zero-order valence-electron chi connectivity index (χ0n) is 17.9. The first-order valence-corrected chi connectivity index (χ1v) is 9.17. The van der Waals surface area contributed by atoms with Crippen LogP contribution < -0.4 is 18.9 Å². The maximum Gasteiger partial charge on any atom is 0.344 e.